The second-order valence-electron chi connectivity index (χ2n) is 10.1. The maximum atomic E-state index is 14.2. The summed E-state index contributed by atoms with van der Waals surface area (Å²) in [5.74, 6) is -3.12. The molecule has 0 saturated heterocycles. The number of aromatic nitrogens is 5. The van der Waals surface area contributed by atoms with E-state index in [0.717, 1.165) is 23.1 Å². The van der Waals surface area contributed by atoms with Crippen molar-refractivity contribution < 1.29 is 18.0 Å². The van der Waals surface area contributed by atoms with Gasteiger partial charge in [0.05, 0.1) is 23.5 Å². The summed E-state index contributed by atoms with van der Waals surface area (Å²) >= 11 is 0. The monoisotopic (exact) mass is 528 g/mol. The van der Waals surface area contributed by atoms with E-state index in [-0.39, 0.29) is 22.8 Å². The molecule has 0 bridgehead atoms. The van der Waals surface area contributed by atoms with Crippen molar-refractivity contribution in [1.82, 2.24) is 29.4 Å². The minimum absolute atomic E-state index is 0.0673. The van der Waals surface area contributed by atoms with Gasteiger partial charge in [-0.3, -0.25) is 4.79 Å². The van der Waals surface area contributed by atoms with Crippen LogP contribution in [0.1, 0.15) is 46.1 Å². The number of carbonyl (C=O) groups excluding carboxylic acids is 1. The first-order valence-corrected chi connectivity index (χ1v) is 12.7. The molecule has 39 heavy (non-hydrogen) atoms. The number of fused-ring (bicyclic) bond motifs is 5. The zero-order valence-corrected chi connectivity index (χ0v) is 21.1. The van der Waals surface area contributed by atoms with Crippen molar-refractivity contribution in [3.05, 3.63) is 94.5 Å². The van der Waals surface area contributed by atoms with Crippen molar-refractivity contribution in [2.45, 2.75) is 25.8 Å². The molecule has 196 valence electrons. The molecule has 1 atom stereocenters. The molecule has 0 aliphatic carbocycles. The minimum atomic E-state index is -1.28. The Labute approximate surface area is 220 Å². The fourth-order valence-electron chi connectivity index (χ4n) is 5.69. The van der Waals surface area contributed by atoms with Gasteiger partial charge in [0.15, 0.2) is 17.5 Å². The predicted octanol–water partition coefficient (Wildman–Crippen LogP) is 5.70. The predicted molar refractivity (Wildman–Crippen MR) is 141 cm³/mol. The van der Waals surface area contributed by atoms with E-state index in [0.29, 0.717) is 36.1 Å². The smallest absolute Gasteiger partial charge is 0.254 e. The molecular formula is C29H23F3N6O. The van der Waals surface area contributed by atoms with Crippen LogP contribution in [0.2, 0.25) is 0 Å². The number of imidazole rings is 2. The van der Waals surface area contributed by atoms with Gasteiger partial charge in [-0.2, -0.15) is 0 Å². The van der Waals surface area contributed by atoms with Crippen LogP contribution in [-0.2, 0) is 20.0 Å². The number of benzene rings is 3. The Bertz CT molecular complexity index is 1950. The van der Waals surface area contributed by atoms with Gasteiger partial charge in [0.25, 0.3) is 5.91 Å². The Morgan fingerprint density at radius 3 is 2.69 bits per heavy atom. The summed E-state index contributed by atoms with van der Waals surface area (Å²) in [5, 5.41) is 1.21. The van der Waals surface area contributed by atoms with E-state index >= 15 is 0 Å². The molecule has 1 amide bonds. The Morgan fingerprint density at radius 1 is 1.03 bits per heavy atom. The van der Waals surface area contributed by atoms with Crippen LogP contribution in [0.3, 0.4) is 0 Å². The summed E-state index contributed by atoms with van der Waals surface area (Å²) in [4.78, 5) is 30.4. The molecule has 3 aromatic heterocycles. The number of amides is 1. The standard InChI is InChI=1S/C29H23F3N6O/c1-14(27-35-25-19(31)12-18(30)24(32)26(25)36-27)28-34-21-8-7-15(11-23(21)37(28)2)29(39)38-10-9-17-16-5-3-4-6-20(16)33-22(17)13-38/h3-8,11-12,14,33H,9-10,13H2,1-2H3,(H,35,36). The van der Waals surface area contributed by atoms with Crippen LogP contribution in [0.25, 0.3) is 33.0 Å². The summed E-state index contributed by atoms with van der Waals surface area (Å²) in [7, 11) is 1.82. The molecule has 1 aliphatic heterocycles. The molecule has 0 saturated carbocycles. The van der Waals surface area contributed by atoms with E-state index in [1.165, 1.54) is 10.9 Å². The quantitative estimate of drug-likeness (QED) is 0.289. The third-order valence-corrected chi connectivity index (χ3v) is 7.76. The number of hydrogen-bond acceptors (Lipinski definition) is 3. The van der Waals surface area contributed by atoms with Crippen LogP contribution in [0.15, 0.2) is 48.5 Å². The fraction of sp³-hybridized carbons (Fsp3) is 0.207. The lowest BCUT2D eigenvalue weighted by molar-refractivity contribution is 0.0733. The molecule has 3 aromatic carbocycles. The lowest BCUT2D eigenvalue weighted by atomic mass is 10.0. The van der Waals surface area contributed by atoms with Crippen molar-refractivity contribution in [1.29, 1.82) is 0 Å². The van der Waals surface area contributed by atoms with Crippen LogP contribution >= 0.6 is 0 Å². The largest absolute Gasteiger partial charge is 0.357 e. The molecule has 7 rings (SSSR count). The minimum Gasteiger partial charge on any atom is -0.357 e. The van der Waals surface area contributed by atoms with Crippen LogP contribution in [-0.4, -0.2) is 41.9 Å². The summed E-state index contributed by atoms with van der Waals surface area (Å²) < 4.78 is 44.0. The average molecular weight is 529 g/mol. The van der Waals surface area contributed by atoms with E-state index in [2.05, 4.69) is 21.0 Å². The van der Waals surface area contributed by atoms with Gasteiger partial charge in [0.2, 0.25) is 0 Å². The maximum absolute atomic E-state index is 14.2. The number of H-pyrrole nitrogens is 2. The number of rotatable bonds is 3. The lowest BCUT2D eigenvalue weighted by Crippen LogP contribution is -2.35. The van der Waals surface area contributed by atoms with Crippen LogP contribution in [0.5, 0.6) is 0 Å². The molecule has 0 spiro atoms. The topological polar surface area (TPSA) is 82.6 Å². The van der Waals surface area contributed by atoms with Gasteiger partial charge in [-0.1, -0.05) is 18.2 Å². The van der Waals surface area contributed by atoms with Gasteiger partial charge in [-0.05, 0) is 43.2 Å². The van der Waals surface area contributed by atoms with E-state index in [4.69, 9.17) is 4.98 Å². The third-order valence-electron chi connectivity index (χ3n) is 7.76. The number of carbonyl (C=O) groups is 1. The molecule has 1 unspecified atom stereocenters. The summed E-state index contributed by atoms with van der Waals surface area (Å²) in [5.41, 5.74) is 4.79. The molecular weight excluding hydrogens is 505 g/mol. The van der Waals surface area contributed by atoms with Crippen molar-refractivity contribution >= 4 is 38.9 Å². The molecule has 7 nitrogen and oxygen atoms in total. The first-order valence-electron chi connectivity index (χ1n) is 12.7. The average Bonchev–Trinajstić information content (AvgIpc) is 3.64. The Morgan fingerprint density at radius 2 is 1.85 bits per heavy atom. The molecule has 2 N–H and O–H groups in total. The van der Waals surface area contributed by atoms with Crippen LogP contribution < -0.4 is 0 Å². The third kappa shape index (κ3) is 3.54. The van der Waals surface area contributed by atoms with Gasteiger partial charge in [0, 0.05) is 41.8 Å². The number of halogens is 3. The molecule has 0 fully saturated rings. The Balaban J connectivity index is 1.20. The molecule has 10 heteroatoms. The second kappa shape index (κ2) is 8.45. The number of aromatic amines is 2. The fourth-order valence-corrected chi connectivity index (χ4v) is 5.69. The number of nitrogens with zero attached hydrogens (tertiary/aromatic N) is 4. The Hall–Kier alpha value is -4.60. The highest BCUT2D eigenvalue weighted by Gasteiger charge is 2.27. The van der Waals surface area contributed by atoms with Crippen molar-refractivity contribution in [3.63, 3.8) is 0 Å². The first kappa shape index (κ1) is 23.5. The first-order chi connectivity index (χ1) is 18.8. The SMILES string of the molecule is CC(c1nc2c(F)cc(F)c(F)c2[nH]1)c1nc2ccc(C(=O)N3CCc4c([nH]c5ccccc45)C3)cc2n1C. The summed E-state index contributed by atoms with van der Waals surface area (Å²) in [6, 6.07) is 14.0. The van der Waals surface area contributed by atoms with Crippen molar-refractivity contribution in [2.24, 2.45) is 7.05 Å². The number of aryl methyl sites for hydroxylation is 1. The van der Waals surface area contributed by atoms with Crippen molar-refractivity contribution in [2.75, 3.05) is 6.54 Å². The molecule has 4 heterocycles. The summed E-state index contributed by atoms with van der Waals surface area (Å²) in [6.45, 7) is 2.93. The van der Waals surface area contributed by atoms with Crippen molar-refractivity contribution in [3.8, 4) is 0 Å². The summed E-state index contributed by atoms with van der Waals surface area (Å²) in [6.07, 6.45) is 0.781. The van der Waals surface area contributed by atoms with Crippen LogP contribution in [0, 0.1) is 17.5 Å². The zero-order chi connectivity index (χ0) is 27.0. The highest BCUT2D eigenvalue weighted by atomic mass is 19.2. The van der Waals surface area contributed by atoms with E-state index < -0.39 is 23.4 Å². The molecule has 0 radical (unpaired) electrons. The van der Waals surface area contributed by atoms with Gasteiger partial charge < -0.3 is 19.4 Å². The second-order valence-corrected chi connectivity index (χ2v) is 10.1. The number of hydrogen-bond donors (Lipinski definition) is 2. The van der Waals surface area contributed by atoms with Gasteiger partial charge in [0.1, 0.15) is 22.7 Å². The normalized spacial score (nSPS) is 14.4. The van der Waals surface area contributed by atoms with Gasteiger partial charge >= 0.3 is 0 Å². The van der Waals surface area contributed by atoms with E-state index in [1.807, 2.05) is 40.8 Å². The highest BCUT2D eigenvalue weighted by Crippen LogP contribution is 2.31. The number of nitrogens with one attached hydrogen (secondary N) is 2. The van der Waals surface area contributed by atoms with E-state index in [1.54, 1.807) is 19.1 Å². The Kier molecular flexibility index (Phi) is 5.10. The number of para-hydroxylation sites is 1. The maximum Gasteiger partial charge on any atom is 0.254 e. The molecule has 6 aromatic rings. The van der Waals surface area contributed by atoms with Crippen LogP contribution in [0.4, 0.5) is 13.2 Å². The zero-order valence-electron chi connectivity index (χ0n) is 21.1. The lowest BCUT2D eigenvalue weighted by Gasteiger charge is -2.27. The van der Waals surface area contributed by atoms with Gasteiger partial charge in [-0.25, -0.2) is 23.1 Å². The molecule has 1 aliphatic rings. The van der Waals surface area contributed by atoms with Gasteiger partial charge in [-0.15, -0.1) is 0 Å². The highest BCUT2D eigenvalue weighted by molar-refractivity contribution is 5.98. The van der Waals surface area contributed by atoms with E-state index in [9.17, 15) is 18.0 Å².